The standard InChI is InChI=1S/C15H19NO5/c1-2-11(15(18)19)16-14(17)5-3-4-10-6-7-12-13(8-10)21-9-20-12/h6-8,11H,2-5,9H2,1H3,(H,16,17)(H,18,19). The van der Waals surface area contributed by atoms with Crippen molar-refractivity contribution in [2.75, 3.05) is 6.79 Å². The number of hydrogen-bond donors (Lipinski definition) is 2. The van der Waals surface area contributed by atoms with Crippen molar-refractivity contribution < 1.29 is 24.2 Å². The highest BCUT2D eigenvalue weighted by molar-refractivity contribution is 5.83. The summed E-state index contributed by atoms with van der Waals surface area (Å²) in [6, 6.07) is 4.90. The van der Waals surface area contributed by atoms with Crippen LogP contribution in [0.5, 0.6) is 11.5 Å². The zero-order valence-corrected chi connectivity index (χ0v) is 11.9. The molecule has 1 aliphatic rings. The first-order valence-corrected chi connectivity index (χ1v) is 7.01. The summed E-state index contributed by atoms with van der Waals surface area (Å²) < 4.78 is 10.5. The van der Waals surface area contributed by atoms with Gasteiger partial charge >= 0.3 is 5.97 Å². The molecule has 0 bridgehead atoms. The molecular formula is C15H19NO5. The van der Waals surface area contributed by atoms with E-state index in [0.29, 0.717) is 19.3 Å². The summed E-state index contributed by atoms with van der Waals surface area (Å²) in [5.74, 6) is 0.240. The number of benzene rings is 1. The summed E-state index contributed by atoms with van der Waals surface area (Å²) in [4.78, 5) is 22.5. The van der Waals surface area contributed by atoms with Crippen molar-refractivity contribution in [3.63, 3.8) is 0 Å². The summed E-state index contributed by atoms with van der Waals surface area (Å²) in [5.41, 5.74) is 1.07. The number of hydrogen-bond acceptors (Lipinski definition) is 4. The van der Waals surface area contributed by atoms with Crippen LogP contribution in [0.4, 0.5) is 0 Å². The number of rotatable bonds is 7. The van der Waals surface area contributed by atoms with Crippen molar-refractivity contribution >= 4 is 11.9 Å². The zero-order valence-electron chi connectivity index (χ0n) is 11.9. The minimum atomic E-state index is -0.998. The fourth-order valence-electron chi connectivity index (χ4n) is 2.15. The summed E-state index contributed by atoms with van der Waals surface area (Å²) in [6.45, 7) is 1.97. The Morgan fingerprint density at radius 1 is 1.33 bits per heavy atom. The lowest BCUT2D eigenvalue weighted by atomic mass is 10.1. The number of aliphatic carboxylic acids is 1. The molecule has 6 heteroatoms. The van der Waals surface area contributed by atoms with Gasteiger partial charge in [0.15, 0.2) is 11.5 Å². The normalized spacial score (nSPS) is 13.8. The van der Waals surface area contributed by atoms with Crippen molar-refractivity contribution in [3.8, 4) is 11.5 Å². The first-order valence-electron chi connectivity index (χ1n) is 7.01. The first-order chi connectivity index (χ1) is 10.1. The van der Waals surface area contributed by atoms with Gasteiger partial charge in [-0.05, 0) is 37.0 Å². The van der Waals surface area contributed by atoms with E-state index in [2.05, 4.69) is 5.32 Å². The van der Waals surface area contributed by atoms with Gasteiger partial charge in [-0.2, -0.15) is 0 Å². The molecule has 6 nitrogen and oxygen atoms in total. The maximum Gasteiger partial charge on any atom is 0.326 e. The van der Waals surface area contributed by atoms with Crippen LogP contribution < -0.4 is 14.8 Å². The molecule has 0 aliphatic carbocycles. The lowest BCUT2D eigenvalue weighted by Crippen LogP contribution is -2.40. The second kappa shape index (κ2) is 6.97. The van der Waals surface area contributed by atoms with Gasteiger partial charge in [-0.3, -0.25) is 4.79 Å². The molecule has 1 aliphatic heterocycles. The van der Waals surface area contributed by atoms with Crippen LogP contribution in [-0.4, -0.2) is 29.8 Å². The maximum absolute atomic E-state index is 11.7. The fraction of sp³-hybridized carbons (Fsp3) is 0.467. The number of fused-ring (bicyclic) bond motifs is 1. The van der Waals surface area contributed by atoms with Gasteiger partial charge in [-0.15, -0.1) is 0 Å². The third kappa shape index (κ3) is 4.11. The average molecular weight is 293 g/mol. The smallest absolute Gasteiger partial charge is 0.326 e. The molecule has 1 atom stereocenters. The molecule has 0 saturated heterocycles. The van der Waals surface area contributed by atoms with Crippen LogP contribution >= 0.6 is 0 Å². The fourth-order valence-corrected chi connectivity index (χ4v) is 2.15. The van der Waals surface area contributed by atoms with Crippen LogP contribution in [-0.2, 0) is 16.0 Å². The molecule has 114 valence electrons. The van der Waals surface area contributed by atoms with Crippen molar-refractivity contribution in [1.29, 1.82) is 0 Å². The van der Waals surface area contributed by atoms with Crippen molar-refractivity contribution in [1.82, 2.24) is 5.32 Å². The number of carboxylic acids is 1. The number of ether oxygens (including phenoxy) is 2. The van der Waals surface area contributed by atoms with Crippen molar-refractivity contribution in [2.45, 2.75) is 38.6 Å². The van der Waals surface area contributed by atoms with E-state index in [1.807, 2.05) is 18.2 Å². The molecule has 0 fully saturated rings. The molecule has 21 heavy (non-hydrogen) atoms. The van der Waals surface area contributed by atoms with Crippen molar-refractivity contribution in [3.05, 3.63) is 23.8 Å². The SMILES string of the molecule is CCC(NC(=O)CCCc1ccc2c(c1)OCO2)C(=O)O. The molecule has 0 radical (unpaired) electrons. The highest BCUT2D eigenvalue weighted by atomic mass is 16.7. The van der Waals surface area contributed by atoms with E-state index in [0.717, 1.165) is 23.5 Å². The molecule has 0 aromatic heterocycles. The Morgan fingerprint density at radius 3 is 2.81 bits per heavy atom. The monoisotopic (exact) mass is 293 g/mol. The molecule has 0 spiro atoms. The highest BCUT2D eigenvalue weighted by Crippen LogP contribution is 2.32. The van der Waals surface area contributed by atoms with Gasteiger partial charge < -0.3 is 19.9 Å². The molecular weight excluding hydrogens is 274 g/mol. The van der Waals surface area contributed by atoms with Gasteiger partial charge in [0.25, 0.3) is 0 Å². The summed E-state index contributed by atoms with van der Waals surface area (Å²) in [7, 11) is 0. The van der Waals surface area contributed by atoms with Gasteiger partial charge in [0.2, 0.25) is 12.7 Å². The van der Waals surface area contributed by atoms with Crippen LogP contribution in [0.3, 0.4) is 0 Å². The predicted octanol–water partition coefficient (Wildman–Crippen LogP) is 1.72. The number of nitrogens with one attached hydrogen (secondary N) is 1. The topological polar surface area (TPSA) is 84.9 Å². The second-order valence-corrected chi connectivity index (χ2v) is 4.91. The van der Waals surface area contributed by atoms with Gasteiger partial charge in [-0.1, -0.05) is 13.0 Å². The number of amides is 1. The molecule has 2 rings (SSSR count). The van der Waals surface area contributed by atoms with E-state index in [1.165, 1.54) is 0 Å². The van der Waals surface area contributed by atoms with Crippen LogP contribution in [0.2, 0.25) is 0 Å². The molecule has 0 saturated carbocycles. The average Bonchev–Trinajstić information content (AvgIpc) is 2.92. The Balaban J connectivity index is 1.76. The van der Waals surface area contributed by atoms with E-state index in [-0.39, 0.29) is 12.7 Å². The van der Waals surface area contributed by atoms with E-state index in [9.17, 15) is 9.59 Å². The number of carbonyl (C=O) groups excluding carboxylic acids is 1. The Bertz CT molecular complexity index is 529. The highest BCUT2D eigenvalue weighted by Gasteiger charge is 2.17. The molecule has 1 unspecified atom stereocenters. The lowest BCUT2D eigenvalue weighted by Gasteiger charge is -2.12. The van der Waals surface area contributed by atoms with Gasteiger partial charge in [0, 0.05) is 6.42 Å². The Hall–Kier alpha value is -2.24. The second-order valence-electron chi connectivity index (χ2n) is 4.91. The lowest BCUT2D eigenvalue weighted by molar-refractivity contribution is -0.141. The third-order valence-corrected chi connectivity index (χ3v) is 3.35. The minimum Gasteiger partial charge on any atom is -0.480 e. The molecule has 1 amide bonds. The molecule has 1 heterocycles. The molecule has 2 N–H and O–H groups in total. The van der Waals surface area contributed by atoms with Gasteiger partial charge in [0.1, 0.15) is 6.04 Å². The summed E-state index contributed by atoms with van der Waals surface area (Å²) >= 11 is 0. The van der Waals surface area contributed by atoms with E-state index < -0.39 is 12.0 Å². The molecule has 1 aromatic carbocycles. The van der Waals surface area contributed by atoms with Crippen LogP contribution in [0.15, 0.2) is 18.2 Å². The largest absolute Gasteiger partial charge is 0.480 e. The van der Waals surface area contributed by atoms with Gasteiger partial charge in [-0.25, -0.2) is 4.79 Å². The predicted molar refractivity (Wildman–Crippen MR) is 75.4 cm³/mol. The summed E-state index contributed by atoms with van der Waals surface area (Å²) in [6.07, 6.45) is 2.07. The van der Waals surface area contributed by atoms with E-state index in [1.54, 1.807) is 6.92 Å². The van der Waals surface area contributed by atoms with Crippen molar-refractivity contribution in [2.24, 2.45) is 0 Å². The first kappa shape index (κ1) is 15.2. The van der Waals surface area contributed by atoms with Crippen LogP contribution in [0, 0.1) is 0 Å². The Labute approximate surface area is 123 Å². The number of carbonyl (C=O) groups is 2. The minimum absolute atomic E-state index is 0.231. The number of carboxylic acid groups (broad SMARTS) is 1. The van der Waals surface area contributed by atoms with E-state index >= 15 is 0 Å². The zero-order chi connectivity index (χ0) is 15.2. The number of aryl methyl sites for hydroxylation is 1. The van der Waals surface area contributed by atoms with Crippen LogP contribution in [0.1, 0.15) is 31.7 Å². The Kier molecular flexibility index (Phi) is 5.03. The van der Waals surface area contributed by atoms with Crippen LogP contribution in [0.25, 0.3) is 0 Å². The summed E-state index contributed by atoms with van der Waals surface area (Å²) in [5, 5.41) is 11.4. The quantitative estimate of drug-likeness (QED) is 0.799. The Morgan fingerprint density at radius 2 is 2.10 bits per heavy atom. The maximum atomic E-state index is 11.7. The molecule has 1 aromatic rings. The van der Waals surface area contributed by atoms with Gasteiger partial charge in [0.05, 0.1) is 0 Å². The third-order valence-electron chi connectivity index (χ3n) is 3.35. The van der Waals surface area contributed by atoms with E-state index in [4.69, 9.17) is 14.6 Å².